The average Bonchev–Trinajstić information content (AvgIpc) is 2.39. The van der Waals surface area contributed by atoms with E-state index in [0.29, 0.717) is 0 Å². The van der Waals surface area contributed by atoms with E-state index in [4.69, 9.17) is 16.3 Å². The summed E-state index contributed by atoms with van der Waals surface area (Å²) in [6.07, 6.45) is 0.181. The lowest BCUT2D eigenvalue weighted by Crippen LogP contribution is -2.05. The molecule has 0 amide bonds. The number of alkyl halides is 1. The molecule has 100 valence electrons. The van der Waals surface area contributed by atoms with Gasteiger partial charge in [-0.1, -0.05) is 46.3 Å². The predicted molar refractivity (Wildman–Crippen MR) is 84.0 cm³/mol. The van der Waals surface area contributed by atoms with Crippen LogP contribution in [0, 0.1) is 0 Å². The van der Waals surface area contributed by atoms with E-state index in [1.165, 1.54) is 0 Å². The molecular formula is C16H16BrClO. The molecule has 0 aliphatic carbocycles. The Morgan fingerprint density at radius 3 is 2.21 bits per heavy atom. The Labute approximate surface area is 127 Å². The third-order valence-corrected chi connectivity index (χ3v) is 3.93. The van der Waals surface area contributed by atoms with Gasteiger partial charge in [0, 0.05) is 4.47 Å². The average molecular weight is 340 g/mol. The second kappa shape index (κ2) is 6.44. The van der Waals surface area contributed by atoms with E-state index in [9.17, 15) is 0 Å². The summed E-state index contributed by atoms with van der Waals surface area (Å²) in [4.78, 5) is 0. The Kier molecular flexibility index (Phi) is 4.89. The predicted octanol–water partition coefficient (Wildman–Crippen LogP) is 5.56. The summed E-state index contributed by atoms with van der Waals surface area (Å²) in [5.41, 5.74) is 2.13. The monoisotopic (exact) mass is 338 g/mol. The Bertz CT molecular complexity index is 537. The van der Waals surface area contributed by atoms with Crippen molar-refractivity contribution < 1.29 is 4.74 Å². The first-order valence-corrected chi connectivity index (χ1v) is 7.46. The van der Waals surface area contributed by atoms with Crippen LogP contribution < -0.4 is 4.74 Å². The summed E-state index contributed by atoms with van der Waals surface area (Å²) in [6, 6.07) is 15.9. The lowest BCUT2D eigenvalue weighted by Gasteiger charge is -2.14. The summed E-state index contributed by atoms with van der Waals surface area (Å²) < 4.78 is 6.65. The minimum atomic E-state index is -0.163. The van der Waals surface area contributed by atoms with Gasteiger partial charge in [-0.3, -0.25) is 0 Å². The molecule has 2 aromatic carbocycles. The molecule has 0 saturated carbocycles. The number of benzene rings is 2. The van der Waals surface area contributed by atoms with Gasteiger partial charge in [-0.05, 0) is 43.2 Å². The summed E-state index contributed by atoms with van der Waals surface area (Å²) in [7, 11) is 0. The molecule has 0 aliphatic heterocycles. The van der Waals surface area contributed by atoms with Gasteiger partial charge in [-0.25, -0.2) is 0 Å². The third kappa shape index (κ3) is 3.74. The van der Waals surface area contributed by atoms with Gasteiger partial charge in [0.2, 0.25) is 0 Å². The van der Waals surface area contributed by atoms with Crippen LogP contribution in [0.5, 0.6) is 5.75 Å². The molecule has 0 spiro atoms. The van der Waals surface area contributed by atoms with Crippen LogP contribution in [0.3, 0.4) is 0 Å². The topological polar surface area (TPSA) is 9.23 Å². The van der Waals surface area contributed by atoms with Gasteiger partial charge in [-0.15, -0.1) is 11.6 Å². The molecule has 2 aromatic rings. The number of ether oxygens (including phenoxy) is 1. The van der Waals surface area contributed by atoms with Crippen LogP contribution in [-0.4, -0.2) is 6.10 Å². The zero-order valence-electron chi connectivity index (χ0n) is 10.9. The fraction of sp³-hybridized carbons (Fsp3) is 0.250. The van der Waals surface area contributed by atoms with Crippen molar-refractivity contribution >= 4 is 27.5 Å². The largest absolute Gasteiger partial charge is 0.491 e. The third-order valence-electron chi connectivity index (χ3n) is 2.72. The normalized spacial score (nSPS) is 12.5. The maximum absolute atomic E-state index is 6.52. The SMILES string of the molecule is CC(C)Oc1ccc(C(Cl)c2ccccc2Br)cc1. The highest BCUT2D eigenvalue weighted by Crippen LogP contribution is 2.34. The molecular weight excluding hydrogens is 324 g/mol. The second-order valence-corrected chi connectivity index (χ2v) is 5.91. The van der Waals surface area contributed by atoms with E-state index >= 15 is 0 Å². The molecule has 3 heteroatoms. The van der Waals surface area contributed by atoms with Crippen molar-refractivity contribution in [2.24, 2.45) is 0 Å². The molecule has 0 saturated heterocycles. The van der Waals surface area contributed by atoms with Crippen molar-refractivity contribution in [2.45, 2.75) is 25.3 Å². The highest BCUT2D eigenvalue weighted by atomic mass is 79.9. The Morgan fingerprint density at radius 1 is 1.00 bits per heavy atom. The molecule has 0 N–H and O–H groups in total. The molecule has 0 radical (unpaired) electrons. The van der Waals surface area contributed by atoms with Crippen LogP contribution in [-0.2, 0) is 0 Å². The smallest absolute Gasteiger partial charge is 0.119 e. The molecule has 0 bridgehead atoms. The summed E-state index contributed by atoms with van der Waals surface area (Å²) in [5.74, 6) is 0.870. The first kappa shape index (κ1) is 14.4. The second-order valence-electron chi connectivity index (χ2n) is 4.62. The molecule has 1 atom stereocenters. The van der Waals surface area contributed by atoms with E-state index in [-0.39, 0.29) is 11.5 Å². The molecule has 0 fully saturated rings. The first-order valence-electron chi connectivity index (χ1n) is 6.23. The van der Waals surface area contributed by atoms with Crippen molar-refractivity contribution in [1.82, 2.24) is 0 Å². The van der Waals surface area contributed by atoms with E-state index < -0.39 is 0 Å². The highest BCUT2D eigenvalue weighted by Gasteiger charge is 2.13. The Morgan fingerprint density at radius 2 is 1.63 bits per heavy atom. The number of halogens is 2. The fourth-order valence-corrected chi connectivity index (χ4v) is 2.83. The molecule has 0 heterocycles. The van der Waals surface area contributed by atoms with E-state index in [0.717, 1.165) is 21.3 Å². The lowest BCUT2D eigenvalue weighted by atomic mass is 10.0. The van der Waals surface area contributed by atoms with Gasteiger partial charge in [0.1, 0.15) is 5.75 Å². The molecule has 2 rings (SSSR count). The maximum Gasteiger partial charge on any atom is 0.119 e. The van der Waals surface area contributed by atoms with E-state index in [1.54, 1.807) is 0 Å². The Balaban J connectivity index is 2.20. The van der Waals surface area contributed by atoms with Crippen molar-refractivity contribution in [2.75, 3.05) is 0 Å². The van der Waals surface area contributed by atoms with Gasteiger partial charge >= 0.3 is 0 Å². The van der Waals surface area contributed by atoms with Crippen LogP contribution in [0.2, 0.25) is 0 Å². The van der Waals surface area contributed by atoms with Crippen molar-refractivity contribution in [3.63, 3.8) is 0 Å². The van der Waals surface area contributed by atoms with Gasteiger partial charge in [0.05, 0.1) is 11.5 Å². The molecule has 1 unspecified atom stereocenters. The molecule has 0 aliphatic rings. The number of hydrogen-bond donors (Lipinski definition) is 0. The summed E-state index contributed by atoms with van der Waals surface area (Å²) >= 11 is 10.1. The summed E-state index contributed by atoms with van der Waals surface area (Å²) in [5, 5.41) is -0.163. The first-order chi connectivity index (χ1) is 9.08. The quantitative estimate of drug-likeness (QED) is 0.662. The van der Waals surface area contributed by atoms with Gasteiger partial charge in [-0.2, -0.15) is 0 Å². The van der Waals surface area contributed by atoms with Gasteiger partial charge < -0.3 is 4.74 Å². The maximum atomic E-state index is 6.52. The standard InChI is InChI=1S/C16H16BrClO/c1-11(2)19-13-9-7-12(8-10-13)16(18)14-5-3-4-6-15(14)17/h3-11,16H,1-2H3. The van der Waals surface area contributed by atoms with E-state index in [1.807, 2.05) is 62.4 Å². The summed E-state index contributed by atoms with van der Waals surface area (Å²) in [6.45, 7) is 4.03. The van der Waals surface area contributed by atoms with Crippen molar-refractivity contribution in [3.05, 3.63) is 64.1 Å². The van der Waals surface area contributed by atoms with Crippen LogP contribution in [0.1, 0.15) is 30.4 Å². The van der Waals surface area contributed by atoms with Crippen LogP contribution in [0.25, 0.3) is 0 Å². The van der Waals surface area contributed by atoms with Crippen LogP contribution >= 0.6 is 27.5 Å². The van der Waals surface area contributed by atoms with Crippen molar-refractivity contribution in [1.29, 1.82) is 0 Å². The van der Waals surface area contributed by atoms with Gasteiger partial charge in [0.15, 0.2) is 0 Å². The van der Waals surface area contributed by atoms with Crippen molar-refractivity contribution in [3.8, 4) is 5.75 Å². The van der Waals surface area contributed by atoms with Gasteiger partial charge in [0.25, 0.3) is 0 Å². The molecule has 0 aromatic heterocycles. The minimum Gasteiger partial charge on any atom is -0.491 e. The fourth-order valence-electron chi connectivity index (χ4n) is 1.85. The Hall–Kier alpha value is -0.990. The number of hydrogen-bond acceptors (Lipinski definition) is 1. The number of rotatable bonds is 4. The molecule has 1 nitrogen and oxygen atoms in total. The van der Waals surface area contributed by atoms with E-state index in [2.05, 4.69) is 15.9 Å². The van der Waals surface area contributed by atoms with Crippen LogP contribution in [0.15, 0.2) is 53.0 Å². The zero-order valence-corrected chi connectivity index (χ0v) is 13.3. The van der Waals surface area contributed by atoms with Crippen LogP contribution in [0.4, 0.5) is 0 Å². The highest BCUT2D eigenvalue weighted by molar-refractivity contribution is 9.10. The zero-order chi connectivity index (χ0) is 13.8. The minimum absolute atomic E-state index is 0.163. The lowest BCUT2D eigenvalue weighted by molar-refractivity contribution is 0.242. The molecule has 19 heavy (non-hydrogen) atoms.